The van der Waals surface area contributed by atoms with Crippen molar-refractivity contribution in [3.05, 3.63) is 29.6 Å². The third-order valence-electron chi connectivity index (χ3n) is 4.36. The van der Waals surface area contributed by atoms with Gasteiger partial charge in [0.2, 0.25) is 0 Å². The topological polar surface area (TPSA) is 38.5 Å². The number of likely N-dealkylation sites (tertiary alicyclic amines) is 1. The van der Waals surface area contributed by atoms with E-state index < -0.39 is 0 Å². The van der Waals surface area contributed by atoms with E-state index in [1.807, 2.05) is 0 Å². The molecule has 2 atom stereocenters. The molecule has 0 bridgehead atoms. The molecule has 1 aromatic rings. The predicted molar refractivity (Wildman–Crippen MR) is 72.7 cm³/mol. The van der Waals surface area contributed by atoms with Gasteiger partial charge in [-0.25, -0.2) is 4.39 Å². The first-order valence-corrected chi connectivity index (χ1v) is 6.95. The first kappa shape index (κ1) is 12.9. The second-order valence-corrected chi connectivity index (χ2v) is 6.20. The van der Waals surface area contributed by atoms with E-state index in [2.05, 4.69) is 11.8 Å². The van der Waals surface area contributed by atoms with Gasteiger partial charge in [-0.2, -0.15) is 0 Å². The van der Waals surface area contributed by atoms with Gasteiger partial charge in [0.25, 0.3) is 0 Å². The summed E-state index contributed by atoms with van der Waals surface area (Å²) in [5.41, 5.74) is 7.06. The van der Waals surface area contributed by atoms with Crippen LogP contribution in [0.25, 0.3) is 0 Å². The highest BCUT2D eigenvalue weighted by Crippen LogP contribution is 2.32. The van der Waals surface area contributed by atoms with E-state index in [9.17, 15) is 4.39 Å². The number of fused-ring (bicyclic) bond motifs is 1. The van der Waals surface area contributed by atoms with Gasteiger partial charge in [0, 0.05) is 25.1 Å². The van der Waals surface area contributed by atoms with E-state index in [0.29, 0.717) is 0 Å². The Morgan fingerprint density at radius 3 is 3.11 bits per heavy atom. The maximum atomic E-state index is 13.2. The molecule has 2 heterocycles. The van der Waals surface area contributed by atoms with Crippen LogP contribution in [0.15, 0.2) is 18.2 Å². The first-order chi connectivity index (χ1) is 9.08. The number of ether oxygens (including phenoxy) is 1. The molecule has 2 N–H and O–H groups in total. The lowest BCUT2D eigenvalue weighted by molar-refractivity contribution is 0.159. The van der Waals surface area contributed by atoms with Crippen molar-refractivity contribution in [2.75, 3.05) is 26.2 Å². The van der Waals surface area contributed by atoms with Crippen molar-refractivity contribution in [2.24, 2.45) is 11.1 Å². The maximum absolute atomic E-state index is 13.2. The van der Waals surface area contributed by atoms with E-state index in [-0.39, 0.29) is 17.3 Å². The molecule has 19 heavy (non-hydrogen) atoms. The summed E-state index contributed by atoms with van der Waals surface area (Å²) >= 11 is 0. The standard InChI is InChI=1S/C15H21FN2O/c1-15(9-17)4-5-18(10-15)8-13-7-11-6-12(16)2-3-14(11)19-13/h2-3,6,13H,4-5,7-10,17H2,1H3. The summed E-state index contributed by atoms with van der Waals surface area (Å²) in [5, 5.41) is 0. The normalized spacial score (nSPS) is 30.4. The van der Waals surface area contributed by atoms with Crippen LogP contribution in [0.5, 0.6) is 5.75 Å². The molecule has 0 radical (unpaired) electrons. The zero-order valence-corrected chi connectivity index (χ0v) is 11.4. The highest BCUT2D eigenvalue weighted by atomic mass is 19.1. The lowest BCUT2D eigenvalue weighted by Gasteiger charge is -2.24. The summed E-state index contributed by atoms with van der Waals surface area (Å²) in [4.78, 5) is 2.42. The Morgan fingerprint density at radius 2 is 2.37 bits per heavy atom. The minimum atomic E-state index is -0.181. The fourth-order valence-electron chi connectivity index (χ4n) is 3.13. The quantitative estimate of drug-likeness (QED) is 0.904. The fraction of sp³-hybridized carbons (Fsp3) is 0.600. The SMILES string of the molecule is CC1(CN)CCN(CC2Cc3cc(F)ccc3O2)C1. The largest absolute Gasteiger partial charge is 0.488 e. The molecule has 4 heteroatoms. The molecule has 3 rings (SSSR count). The van der Waals surface area contributed by atoms with Gasteiger partial charge in [0.05, 0.1) is 0 Å². The number of nitrogens with zero attached hydrogens (tertiary/aromatic N) is 1. The second-order valence-electron chi connectivity index (χ2n) is 6.20. The first-order valence-electron chi connectivity index (χ1n) is 6.95. The van der Waals surface area contributed by atoms with Crippen LogP contribution < -0.4 is 10.5 Å². The number of benzene rings is 1. The average Bonchev–Trinajstić information content (AvgIpc) is 2.93. The molecule has 0 aromatic heterocycles. The molecule has 1 saturated heterocycles. The van der Waals surface area contributed by atoms with Crippen LogP contribution in [0.1, 0.15) is 18.9 Å². The van der Waals surface area contributed by atoms with Gasteiger partial charge in [0.15, 0.2) is 0 Å². The van der Waals surface area contributed by atoms with E-state index in [0.717, 1.165) is 50.3 Å². The van der Waals surface area contributed by atoms with Gasteiger partial charge in [-0.3, -0.25) is 4.90 Å². The van der Waals surface area contributed by atoms with Crippen molar-refractivity contribution in [1.82, 2.24) is 4.90 Å². The molecule has 0 spiro atoms. The van der Waals surface area contributed by atoms with Gasteiger partial charge in [0.1, 0.15) is 17.7 Å². The molecule has 3 nitrogen and oxygen atoms in total. The molecule has 1 aromatic carbocycles. The lowest BCUT2D eigenvalue weighted by Crippen LogP contribution is -2.36. The Labute approximate surface area is 113 Å². The Balaban J connectivity index is 1.59. The van der Waals surface area contributed by atoms with E-state index >= 15 is 0 Å². The summed E-state index contributed by atoms with van der Waals surface area (Å²) in [6.07, 6.45) is 2.11. The van der Waals surface area contributed by atoms with Crippen molar-refractivity contribution < 1.29 is 9.13 Å². The molecule has 2 aliphatic rings. The van der Waals surface area contributed by atoms with Crippen LogP contribution >= 0.6 is 0 Å². The number of nitrogens with two attached hydrogens (primary N) is 1. The molecule has 2 unspecified atom stereocenters. The number of halogens is 1. The maximum Gasteiger partial charge on any atom is 0.123 e. The summed E-state index contributed by atoms with van der Waals surface area (Å²) in [6, 6.07) is 4.78. The third-order valence-corrected chi connectivity index (χ3v) is 4.36. The number of rotatable bonds is 3. The third kappa shape index (κ3) is 2.60. The van der Waals surface area contributed by atoms with Gasteiger partial charge < -0.3 is 10.5 Å². The minimum absolute atomic E-state index is 0.150. The highest BCUT2D eigenvalue weighted by Gasteiger charge is 2.34. The molecular formula is C15H21FN2O. The van der Waals surface area contributed by atoms with Crippen LogP contribution in [0.4, 0.5) is 4.39 Å². The smallest absolute Gasteiger partial charge is 0.123 e. The van der Waals surface area contributed by atoms with Crippen LogP contribution in [0.2, 0.25) is 0 Å². The molecular weight excluding hydrogens is 243 g/mol. The molecule has 1 fully saturated rings. The minimum Gasteiger partial charge on any atom is -0.488 e. The Morgan fingerprint density at radius 1 is 1.53 bits per heavy atom. The predicted octanol–water partition coefficient (Wildman–Crippen LogP) is 1.80. The van der Waals surface area contributed by atoms with Gasteiger partial charge in [-0.05, 0) is 43.1 Å². The Hall–Kier alpha value is -1.13. The van der Waals surface area contributed by atoms with Crippen molar-refractivity contribution in [2.45, 2.75) is 25.9 Å². The van der Waals surface area contributed by atoms with Gasteiger partial charge in [-0.1, -0.05) is 6.92 Å². The Kier molecular flexibility index (Phi) is 3.23. The van der Waals surface area contributed by atoms with Crippen LogP contribution in [0.3, 0.4) is 0 Å². The number of hydrogen-bond donors (Lipinski definition) is 1. The molecule has 0 saturated carbocycles. The summed E-state index contributed by atoms with van der Waals surface area (Å²) in [7, 11) is 0. The van der Waals surface area contributed by atoms with E-state index in [1.54, 1.807) is 12.1 Å². The average molecular weight is 264 g/mol. The summed E-state index contributed by atoms with van der Waals surface area (Å²) < 4.78 is 19.0. The monoisotopic (exact) mass is 264 g/mol. The van der Waals surface area contributed by atoms with Gasteiger partial charge in [-0.15, -0.1) is 0 Å². The van der Waals surface area contributed by atoms with Crippen molar-refractivity contribution in [3.63, 3.8) is 0 Å². The second kappa shape index (κ2) is 4.76. The van der Waals surface area contributed by atoms with Gasteiger partial charge >= 0.3 is 0 Å². The zero-order valence-electron chi connectivity index (χ0n) is 11.4. The van der Waals surface area contributed by atoms with Crippen LogP contribution in [-0.2, 0) is 6.42 Å². The fourth-order valence-corrected chi connectivity index (χ4v) is 3.13. The summed E-state index contributed by atoms with van der Waals surface area (Å²) in [5.74, 6) is 0.659. The molecule has 2 aliphatic heterocycles. The molecule has 104 valence electrons. The highest BCUT2D eigenvalue weighted by molar-refractivity contribution is 5.37. The zero-order chi connectivity index (χ0) is 13.5. The summed E-state index contributed by atoms with van der Waals surface area (Å²) in [6.45, 7) is 6.01. The van der Waals surface area contributed by atoms with Crippen molar-refractivity contribution in [1.29, 1.82) is 0 Å². The van der Waals surface area contributed by atoms with Crippen LogP contribution in [-0.4, -0.2) is 37.2 Å². The van der Waals surface area contributed by atoms with Crippen LogP contribution in [0, 0.1) is 11.2 Å². The molecule has 0 amide bonds. The lowest BCUT2D eigenvalue weighted by atomic mass is 9.90. The van der Waals surface area contributed by atoms with Crippen molar-refractivity contribution >= 4 is 0 Å². The molecule has 0 aliphatic carbocycles. The Bertz CT molecular complexity index is 479. The van der Waals surface area contributed by atoms with E-state index in [1.165, 1.54) is 6.07 Å². The number of hydrogen-bond acceptors (Lipinski definition) is 3. The van der Waals surface area contributed by atoms with E-state index in [4.69, 9.17) is 10.5 Å². The van der Waals surface area contributed by atoms with Crippen molar-refractivity contribution in [3.8, 4) is 5.75 Å².